The van der Waals surface area contributed by atoms with Gasteiger partial charge in [0.2, 0.25) is 15.9 Å². The van der Waals surface area contributed by atoms with Crippen LogP contribution in [0.4, 0.5) is 0 Å². The molecule has 0 aromatic heterocycles. The summed E-state index contributed by atoms with van der Waals surface area (Å²) in [7, 11) is -3.68. The summed E-state index contributed by atoms with van der Waals surface area (Å²) in [6.45, 7) is 6.50. The van der Waals surface area contributed by atoms with Gasteiger partial charge in [-0.3, -0.25) is 9.59 Å². The number of rotatable bonds is 10. The first-order valence-electron chi connectivity index (χ1n) is 7.08. The summed E-state index contributed by atoms with van der Waals surface area (Å²) in [5, 5.41) is 11.6. The van der Waals surface area contributed by atoms with E-state index in [4.69, 9.17) is 5.11 Å². The van der Waals surface area contributed by atoms with Gasteiger partial charge >= 0.3 is 5.97 Å². The quantitative estimate of drug-likeness (QED) is 0.615. The number of carboxylic acids is 1. The lowest BCUT2D eigenvalue weighted by Gasteiger charge is -2.27. The summed E-state index contributed by atoms with van der Waals surface area (Å²) in [5.74, 6) is -1.61. The van der Waals surface area contributed by atoms with Crippen LogP contribution in [-0.4, -0.2) is 54.6 Å². The molecule has 0 saturated carbocycles. The molecule has 0 radical (unpaired) electrons. The number of aliphatic carboxylic acids is 1. The highest BCUT2D eigenvalue weighted by atomic mass is 32.2. The molecule has 0 spiro atoms. The number of nitrogens with zero attached hydrogens (tertiary/aromatic N) is 1. The molecule has 2 N–H and O–H groups in total. The number of carbonyl (C=O) groups is 2. The van der Waals surface area contributed by atoms with Crippen molar-refractivity contribution in [3.8, 4) is 0 Å². The largest absolute Gasteiger partial charge is 0.480 e. The number of carboxylic acid groups (broad SMARTS) is 1. The molecule has 124 valence electrons. The Morgan fingerprint density at radius 3 is 2.29 bits per heavy atom. The van der Waals surface area contributed by atoms with Crippen LogP contribution in [0.15, 0.2) is 0 Å². The Balaban J connectivity index is 4.99. The lowest BCUT2D eigenvalue weighted by Crippen LogP contribution is -2.48. The van der Waals surface area contributed by atoms with Crippen molar-refractivity contribution < 1.29 is 23.1 Å². The highest BCUT2D eigenvalue weighted by molar-refractivity contribution is 7.89. The molecule has 0 rings (SSSR count). The third kappa shape index (κ3) is 7.42. The van der Waals surface area contributed by atoms with Gasteiger partial charge in [-0.2, -0.15) is 4.31 Å². The van der Waals surface area contributed by atoms with E-state index < -0.39 is 22.0 Å². The van der Waals surface area contributed by atoms with Crippen LogP contribution in [-0.2, 0) is 19.6 Å². The minimum absolute atomic E-state index is 0.0377. The molecule has 2 unspecified atom stereocenters. The van der Waals surface area contributed by atoms with Crippen LogP contribution in [0.2, 0.25) is 0 Å². The van der Waals surface area contributed by atoms with Crippen LogP contribution < -0.4 is 5.32 Å². The topological polar surface area (TPSA) is 104 Å². The van der Waals surface area contributed by atoms with Crippen LogP contribution in [0.1, 0.15) is 40.5 Å². The molecule has 0 fully saturated rings. The minimum Gasteiger partial charge on any atom is -0.480 e. The second-order valence-electron chi connectivity index (χ2n) is 5.28. The number of nitrogens with one attached hydrogen (secondary N) is 1. The molecule has 0 heterocycles. The highest BCUT2D eigenvalue weighted by Gasteiger charge is 2.32. The van der Waals surface area contributed by atoms with E-state index >= 15 is 0 Å². The van der Waals surface area contributed by atoms with Gasteiger partial charge in [0.1, 0.15) is 6.04 Å². The van der Waals surface area contributed by atoms with Crippen molar-refractivity contribution in [1.29, 1.82) is 0 Å². The Kier molecular flexibility index (Phi) is 8.50. The molecule has 21 heavy (non-hydrogen) atoms. The zero-order valence-corrected chi connectivity index (χ0v) is 13.9. The normalized spacial score (nSPS) is 14.7. The van der Waals surface area contributed by atoms with Crippen molar-refractivity contribution >= 4 is 21.9 Å². The predicted molar refractivity (Wildman–Crippen MR) is 80.3 cm³/mol. The van der Waals surface area contributed by atoms with Crippen molar-refractivity contribution in [2.45, 2.75) is 46.6 Å². The van der Waals surface area contributed by atoms with E-state index in [0.717, 1.165) is 17.1 Å². The van der Waals surface area contributed by atoms with E-state index in [2.05, 4.69) is 5.32 Å². The summed E-state index contributed by atoms with van der Waals surface area (Å²) < 4.78 is 25.7. The van der Waals surface area contributed by atoms with E-state index in [0.29, 0.717) is 0 Å². The van der Waals surface area contributed by atoms with Gasteiger partial charge in [-0.1, -0.05) is 20.3 Å². The van der Waals surface area contributed by atoms with Crippen LogP contribution in [0, 0.1) is 5.92 Å². The summed E-state index contributed by atoms with van der Waals surface area (Å²) >= 11 is 0. The molecule has 0 bridgehead atoms. The second kappa shape index (κ2) is 8.99. The summed E-state index contributed by atoms with van der Waals surface area (Å²) in [4.78, 5) is 21.9. The summed E-state index contributed by atoms with van der Waals surface area (Å²) in [6.07, 6.45) is 1.64. The Morgan fingerprint density at radius 1 is 1.29 bits per heavy atom. The number of amides is 1. The molecule has 1 amide bonds. The number of hydrogen-bond donors (Lipinski definition) is 2. The lowest BCUT2D eigenvalue weighted by molar-refractivity contribution is -0.140. The molecule has 7 nitrogen and oxygen atoms in total. The highest BCUT2D eigenvalue weighted by Crippen LogP contribution is 2.15. The molecule has 0 aromatic carbocycles. The van der Waals surface area contributed by atoms with Crippen molar-refractivity contribution in [2.75, 3.05) is 18.8 Å². The lowest BCUT2D eigenvalue weighted by atomic mass is 10.1. The maximum Gasteiger partial charge on any atom is 0.321 e. The zero-order valence-electron chi connectivity index (χ0n) is 13.1. The van der Waals surface area contributed by atoms with E-state index in [1.54, 1.807) is 0 Å². The molecular weight excluding hydrogens is 296 g/mol. The molecule has 0 aliphatic rings. The SMILES string of the molecule is CCCC(C)CS(=O)(=O)N(CCNC(C)=O)C(C)C(=O)O. The van der Waals surface area contributed by atoms with E-state index in [-0.39, 0.29) is 30.7 Å². The summed E-state index contributed by atoms with van der Waals surface area (Å²) in [5.41, 5.74) is 0. The first-order chi connectivity index (χ1) is 9.61. The average Bonchev–Trinajstić information content (AvgIpc) is 2.32. The van der Waals surface area contributed by atoms with Gasteiger partial charge in [0.05, 0.1) is 5.75 Å². The fraction of sp³-hybridized carbons (Fsp3) is 0.846. The maximum atomic E-state index is 12.4. The molecule has 0 aliphatic heterocycles. The molecule has 2 atom stereocenters. The number of sulfonamides is 1. The van der Waals surface area contributed by atoms with Gasteiger partial charge in [-0.15, -0.1) is 0 Å². The van der Waals surface area contributed by atoms with Crippen LogP contribution in [0.3, 0.4) is 0 Å². The predicted octanol–water partition coefficient (Wildman–Crippen LogP) is 0.664. The Bertz CT molecular complexity index is 449. The first-order valence-corrected chi connectivity index (χ1v) is 8.69. The van der Waals surface area contributed by atoms with Gasteiger partial charge < -0.3 is 10.4 Å². The third-order valence-electron chi connectivity index (χ3n) is 3.13. The van der Waals surface area contributed by atoms with Gasteiger partial charge in [0.15, 0.2) is 0 Å². The van der Waals surface area contributed by atoms with Crippen molar-refractivity contribution in [3.05, 3.63) is 0 Å². The third-order valence-corrected chi connectivity index (χ3v) is 5.33. The first kappa shape index (κ1) is 19.9. The molecule has 0 saturated heterocycles. The summed E-state index contributed by atoms with van der Waals surface area (Å²) in [6, 6.07) is -1.16. The van der Waals surface area contributed by atoms with E-state index in [1.165, 1.54) is 13.8 Å². The fourth-order valence-electron chi connectivity index (χ4n) is 2.07. The van der Waals surface area contributed by atoms with Gasteiger partial charge in [0, 0.05) is 20.0 Å². The van der Waals surface area contributed by atoms with Gasteiger partial charge in [0.25, 0.3) is 0 Å². The smallest absolute Gasteiger partial charge is 0.321 e. The number of carbonyl (C=O) groups excluding carboxylic acids is 1. The van der Waals surface area contributed by atoms with E-state index in [9.17, 15) is 18.0 Å². The van der Waals surface area contributed by atoms with Gasteiger partial charge in [-0.25, -0.2) is 8.42 Å². The standard InChI is InChI=1S/C13H26N2O5S/c1-5-6-10(2)9-21(19,20)15(11(3)13(17)18)8-7-14-12(4)16/h10-11H,5-9H2,1-4H3,(H,14,16)(H,17,18). The van der Waals surface area contributed by atoms with Crippen LogP contribution in [0.25, 0.3) is 0 Å². The Hall–Kier alpha value is -1.15. The Morgan fingerprint density at radius 2 is 1.86 bits per heavy atom. The fourth-order valence-corrected chi connectivity index (χ4v) is 4.09. The van der Waals surface area contributed by atoms with Crippen LogP contribution >= 0.6 is 0 Å². The van der Waals surface area contributed by atoms with Gasteiger partial charge in [-0.05, 0) is 19.3 Å². The van der Waals surface area contributed by atoms with Crippen molar-refractivity contribution in [3.63, 3.8) is 0 Å². The van der Waals surface area contributed by atoms with Crippen molar-refractivity contribution in [1.82, 2.24) is 9.62 Å². The molecule has 0 aromatic rings. The second-order valence-corrected chi connectivity index (χ2v) is 7.25. The zero-order chi connectivity index (χ0) is 16.6. The monoisotopic (exact) mass is 322 g/mol. The maximum absolute atomic E-state index is 12.4. The Labute approximate surface area is 126 Å². The average molecular weight is 322 g/mol. The van der Waals surface area contributed by atoms with E-state index in [1.807, 2.05) is 13.8 Å². The van der Waals surface area contributed by atoms with Crippen molar-refractivity contribution in [2.24, 2.45) is 5.92 Å². The molecule has 8 heteroatoms. The molecular formula is C13H26N2O5S. The minimum atomic E-state index is -3.68. The van der Waals surface area contributed by atoms with Crippen LogP contribution in [0.5, 0.6) is 0 Å². The number of hydrogen-bond acceptors (Lipinski definition) is 4. The molecule has 0 aliphatic carbocycles.